The molecule has 2 rings (SSSR count). The van der Waals surface area contributed by atoms with E-state index < -0.39 is 0 Å². The summed E-state index contributed by atoms with van der Waals surface area (Å²) in [5.74, 6) is 1.44. The van der Waals surface area contributed by atoms with Gasteiger partial charge in [-0.2, -0.15) is 0 Å². The highest BCUT2D eigenvalue weighted by Crippen LogP contribution is 2.29. The topological polar surface area (TPSA) is 57.4 Å². The minimum Gasteiger partial charge on any atom is -0.497 e. The van der Waals surface area contributed by atoms with Crippen LogP contribution in [0.2, 0.25) is 0 Å². The predicted molar refractivity (Wildman–Crippen MR) is 79.3 cm³/mol. The lowest BCUT2D eigenvalue weighted by molar-refractivity contribution is 0.393. The standard InChI is InChI=1S/C16H20N2O2/c1-10-5-11(2)16(18-9-10)15(17)12-6-13(19-3)8-14(7-12)20-4/h5-9,15H,17H2,1-4H3. The number of ether oxygens (including phenoxy) is 2. The maximum absolute atomic E-state index is 6.34. The minimum absolute atomic E-state index is 0.306. The molecular formula is C16H20N2O2. The Hall–Kier alpha value is -2.07. The van der Waals surface area contributed by atoms with E-state index in [0.29, 0.717) is 0 Å². The number of hydrogen-bond donors (Lipinski definition) is 1. The Balaban J connectivity index is 2.44. The number of rotatable bonds is 4. The average molecular weight is 272 g/mol. The second kappa shape index (κ2) is 5.92. The van der Waals surface area contributed by atoms with E-state index in [0.717, 1.165) is 33.9 Å². The number of methoxy groups -OCH3 is 2. The number of hydrogen-bond acceptors (Lipinski definition) is 4. The normalized spacial score (nSPS) is 12.1. The molecule has 20 heavy (non-hydrogen) atoms. The summed E-state index contributed by atoms with van der Waals surface area (Å²) in [5, 5.41) is 0. The van der Waals surface area contributed by atoms with Crippen LogP contribution in [-0.2, 0) is 0 Å². The lowest BCUT2D eigenvalue weighted by Crippen LogP contribution is -2.15. The van der Waals surface area contributed by atoms with Crippen LogP contribution in [0, 0.1) is 13.8 Å². The van der Waals surface area contributed by atoms with Gasteiger partial charge in [-0.3, -0.25) is 4.98 Å². The highest BCUT2D eigenvalue weighted by molar-refractivity contribution is 5.43. The number of benzene rings is 1. The van der Waals surface area contributed by atoms with Crippen molar-refractivity contribution in [1.29, 1.82) is 0 Å². The van der Waals surface area contributed by atoms with Gasteiger partial charge in [0, 0.05) is 12.3 Å². The molecule has 1 aromatic heterocycles. The lowest BCUT2D eigenvalue weighted by atomic mass is 9.99. The molecule has 4 heteroatoms. The molecule has 106 valence electrons. The molecule has 0 aliphatic carbocycles. The molecule has 0 fully saturated rings. The van der Waals surface area contributed by atoms with Crippen LogP contribution < -0.4 is 15.2 Å². The second-order valence-electron chi connectivity index (χ2n) is 4.84. The lowest BCUT2D eigenvalue weighted by Gasteiger charge is -2.16. The van der Waals surface area contributed by atoms with E-state index in [1.54, 1.807) is 14.2 Å². The van der Waals surface area contributed by atoms with Crippen LogP contribution >= 0.6 is 0 Å². The summed E-state index contributed by atoms with van der Waals surface area (Å²) in [4.78, 5) is 4.46. The SMILES string of the molecule is COc1cc(OC)cc(C(N)c2ncc(C)cc2C)c1. The third-order valence-corrected chi connectivity index (χ3v) is 3.28. The maximum Gasteiger partial charge on any atom is 0.122 e. The Bertz CT molecular complexity index is 589. The van der Waals surface area contributed by atoms with Gasteiger partial charge in [-0.1, -0.05) is 6.07 Å². The first-order chi connectivity index (χ1) is 9.55. The van der Waals surface area contributed by atoms with Crippen molar-refractivity contribution in [3.63, 3.8) is 0 Å². The summed E-state index contributed by atoms with van der Waals surface area (Å²) in [6, 6.07) is 7.42. The van der Waals surface area contributed by atoms with Gasteiger partial charge in [-0.05, 0) is 42.7 Å². The van der Waals surface area contributed by atoms with Crippen LogP contribution in [-0.4, -0.2) is 19.2 Å². The molecule has 2 N–H and O–H groups in total. The van der Waals surface area contributed by atoms with E-state index in [-0.39, 0.29) is 6.04 Å². The van der Waals surface area contributed by atoms with Crippen molar-refractivity contribution >= 4 is 0 Å². The molecule has 0 spiro atoms. The van der Waals surface area contributed by atoms with Gasteiger partial charge in [0.15, 0.2) is 0 Å². The highest BCUT2D eigenvalue weighted by Gasteiger charge is 2.15. The molecule has 0 amide bonds. The van der Waals surface area contributed by atoms with Crippen molar-refractivity contribution in [2.24, 2.45) is 5.73 Å². The van der Waals surface area contributed by atoms with Crippen LogP contribution in [0.25, 0.3) is 0 Å². The number of nitrogens with zero attached hydrogens (tertiary/aromatic N) is 1. The van der Waals surface area contributed by atoms with Gasteiger partial charge in [0.1, 0.15) is 11.5 Å². The van der Waals surface area contributed by atoms with Crippen LogP contribution in [0.15, 0.2) is 30.5 Å². The molecule has 1 unspecified atom stereocenters. The van der Waals surface area contributed by atoms with Crippen molar-refractivity contribution in [1.82, 2.24) is 4.98 Å². The Morgan fingerprint density at radius 2 is 1.60 bits per heavy atom. The molecule has 1 aromatic carbocycles. The zero-order valence-electron chi connectivity index (χ0n) is 12.3. The fraction of sp³-hybridized carbons (Fsp3) is 0.312. The summed E-state index contributed by atoms with van der Waals surface area (Å²) >= 11 is 0. The highest BCUT2D eigenvalue weighted by atomic mass is 16.5. The van der Waals surface area contributed by atoms with Crippen molar-refractivity contribution in [2.75, 3.05) is 14.2 Å². The van der Waals surface area contributed by atoms with E-state index in [9.17, 15) is 0 Å². The Kier molecular flexibility index (Phi) is 4.25. The molecule has 1 atom stereocenters. The molecule has 0 aliphatic heterocycles. The number of pyridine rings is 1. The Morgan fingerprint density at radius 1 is 1.00 bits per heavy atom. The minimum atomic E-state index is -0.306. The third kappa shape index (κ3) is 2.91. The summed E-state index contributed by atoms with van der Waals surface area (Å²) in [5.41, 5.74) is 10.3. The average Bonchev–Trinajstić information content (AvgIpc) is 2.46. The van der Waals surface area contributed by atoms with Crippen LogP contribution in [0.5, 0.6) is 11.5 Å². The Morgan fingerprint density at radius 3 is 2.10 bits per heavy atom. The molecule has 0 saturated heterocycles. The fourth-order valence-corrected chi connectivity index (χ4v) is 2.22. The van der Waals surface area contributed by atoms with Gasteiger partial charge in [-0.25, -0.2) is 0 Å². The van der Waals surface area contributed by atoms with Crippen LogP contribution in [0.3, 0.4) is 0 Å². The van der Waals surface area contributed by atoms with E-state index in [4.69, 9.17) is 15.2 Å². The number of aryl methyl sites for hydroxylation is 2. The first-order valence-electron chi connectivity index (χ1n) is 6.47. The molecular weight excluding hydrogens is 252 g/mol. The summed E-state index contributed by atoms with van der Waals surface area (Å²) < 4.78 is 10.6. The van der Waals surface area contributed by atoms with Gasteiger partial charge in [0.05, 0.1) is 26.0 Å². The van der Waals surface area contributed by atoms with Gasteiger partial charge in [-0.15, -0.1) is 0 Å². The van der Waals surface area contributed by atoms with E-state index >= 15 is 0 Å². The zero-order valence-corrected chi connectivity index (χ0v) is 12.3. The molecule has 2 aromatic rings. The van der Waals surface area contributed by atoms with Gasteiger partial charge in [0.2, 0.25) is 0 Å². The quantitative estimate of drug-likeness (QED) is 0.929. The summed E-state index contributed by atoms with van der Waals surface area (Å²) in [7, 11) is 3.25. The first kappa shape index (κ1) is 14.3. The maximum atomic E-state index is 6.34. The molecule has 0 saturated carbocycles. The van der Waals surface area contributed by atoms with Crippen molar-refractivity contribution in [2.45, 2.75) is 19.9 Å². The monoisotopic (exact) mass is 272 g/mol. The van der Waals surface area contributed by atoms with E-state index in [1.165, 1.54) is 0 Å². The van der Waals surface area contributed by atoms with Gasteiger partial charge >= 0.3 is 0 Å². The molecule has 0 aliphatic rings. The van der Waals surface area contributed by atoms with E-state index in [2.05, 4.69) is 11.1 Å². The summed E-state index contributed by atoms with van der Waals surface area (Å²) in [6.07, 6.45) is 1.83. The molecule has 0 bridgehead atoms. The fourth-order valence-electron chi connectivity index (χ4n) is 2.22. The van der Waals surface area contributed by atoms with Gasteiger partial charge in [0.25, 0.3) is 0 Å². The third-order valence-electron chi connectivity index (χ3n) is 3.28. The number of aromatic nitrogens is 1. The molecule has 1 heterocycles. The smallest absolute Gasteiger partial charge is 0.122 e. The van der Waals surface area contributed by atoms with E-state index in [1.807, 2.05) is 38.2 Å². The largest absolute Gasteiger partial charge is 0.497 e. The number of nitrogens with two attached hydrogens (primary N) is 1. The Labute approximate surface area is 119 Å². The van der Waals surface area contributed by atoms with Gasteiger partial charge < -0.3 is 15.2 Å². The van der Waals surface area contributed by atoms with Crippen LogP contribution in [0.4, 0.5) is 0 Å². The summed E-state index contributed by atoms with van der Waals surface area (Å²) in [6.45, 7) is 4.04. The zero-order chi connectivity index (χ0) is 14.7. The molecule has 0 radical (unpaired) electrons. The van der Waals surface area contributed by atoms with Crippen molar-refractivity contribution in [3.8, 4) is 11.5 Å². The first-order valence-corrected chi connectivity index (χ1v) is 6.47. The second-order valence-corrected chi connectivity index (χ2v) is 4.84. The predicted octanol–water partition coefficient (Wildman–Crippen LogP) is 2.76. The van der Waals surface area contributed by atoms with Crippen molar-refractivity contribution < 1.29 is 9.47 Å². The molecule has 4 nitrogen and oxygen atoms in total. The van der Waals surface area contributed by atoms with Crippen molar-refractivity contribution in [3.05, 3.63) is 52.8 Å². The van der Waals surface area contributed by atoms with Crippen LogP contribution in [0.1, 0.15) is 28.4 Å².